The smallest absolute Gasteiger partial charge is 0.137 e. The lowest BCUT2D eigenvalue weighted by atomic mass is 9.71. The molecule has 0 spiro atoms. The van der Waals surface area contributed by atoms with E-state index in [4.69, 9.17) is 0 Å². The molecule has 154 valence electrons. The maximum Gasteiger partial charge on any atom is 0.137 e. The van der Waals surface area contributed by atoms with Crippen LogP contribution in [0.5, 0.6) is 0 Å². The molecule has 0 aromatic heterocycles. The summed E-state index contributed by atoms with van der Waals surface area (Å²) in [4.78, 5) is 11.9. The summed E-state index contributed by atoms with van der Waals surface area (Å²) < 4.78 is 0. The number of hydrogen-bond acceptors (Lipinski definition) is 4. The summed E-state index contributed by atoms with van der Waals surface area (Å²) in [5.74, 6) is 0.631. The van der Waals surface area contributed by atoms with Crippen molar-refractivity contribution in [3.05, 3.63) is 0 Å². The topological polar surface area (TPSA) is 53.2 Å². The monoisotopic (exact) mass is 367 g/mol. The second kappa shape index (κ2) is 15.6. The minimum Gasteiger partial charge on any atom is -0.315 e. The summed E-state index contributed by atoms with van der Waals surface area (Å²) in [7, 11) is 2.00. The third-order valence-electron chi connectivity index (χ3n) is 5.90. The zero-order valence-electron chi connectivity index (χ0n) is 17.7. The molecule has 0 bridgehead atoms. The Kier molecular flexibility index (Phi) is 14.1. The fourth-order valence-electron chi connectivity index (χ4n) is 4.02. The van der Waals surface area contributed by atoms with Crippen molar-refractivity contribution in [2.75, 3.05) is 26.7 Å². The molecule has 0 aromatic rings. The van der Waals surface area contributed by atoms with Gasteiger partial charge in [0.1, 0.15) is 5.78 Å². The van der Waals surface area contributed by atoms with Gasteiger partial charge in [-0.3, -0.25) is 4.79 Å². The van der Waals surface area contributed by atoms with Gasteiger partial charge in [0.25, 0.3) is 0 Å². The van der Waals surface area contributed by atoms with Gasteiger partial charge in [0, 0.05) is 37.5 Å². The van der Waals surface area contributed by atoms with Gasteiger partial charge in [0.15, 0.2) is 0 Å². The summed E-state index contributed by atoms with van der Waals surface area (Å²) in [6, 6.07) is 0.782. The minimum absolute atomic E-state index is 0.222. The van der Waals surface area contributed by atoms with Gasteiger partial charge in [-0.25, -0.2) is 0 Å². The molecule has 4 nitrogen and oxygen atoms in total. The molecule has 26 heavy (non-hydrogen) atoms. The van der Waals surface area contributed by atoms with Crippen molar-refractivity contribution >= 4 is 5.78 Å². The number of ketones is 1. The molecule has 0 aromatic carbocycles. The van der Waals surface area contributed by atoms with Crippen LogP contribution < -0.4 is 16.0 Å². The van der Waals surface area contributed by atoms with Crippen LogP contribution in [-0.4, -0.2) is 44.5 Å². The van der Waals surface area contributed by atoms with E-state index in [1.165, 1.54) is 64.2 Å². The van der Waals surface area contributed by atoms with Gasteiger partial charge in [0.2, 0.25) is 0 Å². The molecule has 3 atom stereocenters. The van der Waals surface area contributed by atoms with Crippen molar-refractivity contribution < 1.29 is 4.79 Å². The number of carbonyl (C=O) groups is 1. The molecule has 0 aliphatic heterocycles. The second-order valence-corrected chi connectivity index (χ2v) is 7.97. The largest absolute Gasteiger partial charge is 0.315 e. The second-order valence-electron chi connectivity index (χ2n) is 7.97. The summed E-state index contributed by atoms with van der Waals surface area (Å²) in [6.07, 6.45) is 15.6. The molecule has 1 fully saturated rings. The van der Waals surface area contributed by atoms with Crippen molar-refractivity contribution in [3.8, 4) is 0 Å². The Morgan fingerprint density at radius 1 is 0.846 bits per heavy atom. The van der Waals surface area contributed by atoms with Crippen molar-refractivity contribution in [1.82, 2.24) is 16.0 Å². The van der Waals surface area contributed by atoms with Gasteiger partial charge in [-0.05, 0) is 26.4 Å². The average molecular weight is 368 g/mol. The van der Waals surface area contributed by atoms with Gasteiger partial charge < -0.3 is 16.0 Å². The summed E-state index contributed by atoms with van der Waals surface area (Å²) in [6.45, 7) is 7.32. The highest BCUT2D eigenvalue weighted by molar-refractivity contribution is 5.82. The predicted molar refractivity (Wildman–Crippen MR) is 113 cm³/mol. The van der Waals surface area contributed by atoms with Gasteiger partial charge >= 0.3 is 0 Å². The van der Waals surface area contributed by atoms with Crippen LogP contribution in [-0.2, 0) is 4.79 Å². The first-order valence-corrected chi connectivity index (χ1v) is 11.4. The Morgan fingerprint density at radius 3 is 2.04 bits per heavy atom. The number of nitrogens with one attached hydrogen (secondary N) is 3. The Morgan fingerprint density at radius 2 is 1.46 bits per heavy atom. The highest BCUT2D eigenvalue weighted by atomic mass is 16.1. The van der Waals surface area contributed by atoms with Gasteiger partial charge in [-0.15, -0.1) is 0 Å². The Bertz CT molecular complexity index is 348. The number of carbonyl (C=O) groups excluding carboxylic acids is 1. The van der Waals surface area contributed by atoms with Gasteiger partial charge in [-0.1, -0.05) is 71.6 Å². The number of likely N-dealkylation sites (N-methyl/N-ethyl adjacent to an activating group) is 1. The molecule has 3 N–H and O–H groups in total. The highest BCUT2D eigenvalue weighted by Gasteiger charge is 2.42. The van der Waals surface area contributed by atoms with E-state index < -0.39 is 0 Å². The Labute approximate surface area is 162 Å². The molecule has 3 unspecified atom stereocenters. The molecule has 0 amide bonds. The molecule has 0 radical (unpaired) electrons. The zero-order chi connectivity index (χ0) is 19.0. The Balaban J connectivity index is 1.88. The number of rotatable bonds is 18. The van der Waals surface area contributed by atoms with Gasteiger partial charge in [0.05, 0.1) is 0 Å². The van der Waals surface area contributed by atoms with E-state index in [1.54, 1.807) is 0 Å². The molecule has 0 saturated heterocycles. The molecule has 1 rings (SSSR count). The van der Waals surface area contributed by atoms with E-state index in [0.717, 1.165) is 26.1 Å². The van der Waals surface area contributed by atoms with Crippen LogP contribution in [0, 0.1) is 5.92 Å². The molecule has 1 saturated carbocycles. The van der Waals surface area contributed by atoms with Gasteiger partial charge in [-0.2, -0.15) is 0 Å². The maximum absolute atomic E-state index is 11.9. The first-order valence-electron chi connectivity index (χ1n) is 11.4. The lowest BCUT2D eigenvalue weighted by Gasteiger charge is -2.44. The quantitative estimate of drug-likeness (QED) is 0.320. The molecule has 1 aliphatic rings. The summed E-state index contributed by atoms with van der Waals surface area (Å²) in [5, 5.41) is 10.4. The fraction of sp³-hybridized carbons (Fsp3) is 0.955. The predicted octanol–water partition coefficient (Wildman–Crippen LogP) is 4.04. The molecular formula is C22H45N3O. The third kappa shape index (κ3) is 9.48. The summed E-state index contributed by atoms with van der Waals surface area (Å²) in [5.41, 5.74) is 0. The number of unbranched alkanes of at least 4 members (excludes halogenated alkanes) is 9. The fourth-order valence-corrected chi connectivity index (χ4v) is 4.02. The van der Waals surface area contributed by atoms with Crippen LogP contribution >= 0.6 is 0 Å². The standard InChI is InChI=1S/C22H45N3O/c1-4-6-7-8-9-10-11-12-13-14-15-24-16-17-25-22-19(21(26)5-2)18-20(22)23-3/h19-20,22-25H,4-18H2,1-3H3. The maximum atomic E-state index is 11.9. The normalized spacial score (nSPS) is 22.3. The SMILES string of the molecule is CCCCCCCCCCCCNCCNC1C(NC)CC1C(=O)CC. The number of Topliss-reactive ketones (excluding diaryl/α,β-unsaturated/α-hetero) is 1. The Hall–Kier alpha value is -0.450. The van der Waals surface area contributed by atoms with Crippen LogP contribution in [0.3, 0.4) is 0 Å². The van der Waals surface area contributed by atoms with E-state index in [1.807, 2.05) is 14.0 Å². The van der Waals surface area contributed by atoms with Crippen LogP contribution in [0.1, 0.15) is 90.9 Å². The first kappa shape index (κ1) is 23.6. The third-order valence-corrected chi connectivity index (χ3v) is 5.90. The first-order chi connectivity index (χ1) is 12.7. The van der Waals surface area contributed by atoms with Crippen LogP contribution in [0.2, 0.25) is 0 Å². The van der Waals surface area contributed by atoms with E-state index >= 15 is 0 Å². The number of hydrogen-bond donors (Lipinski definition) is 3. The molecular weight excluding hydrogens is 322 g/mol. The van der Waals surface area contributed by atoms with Crippen molar-refractivity contribution in [2.24, 2.45) is 5.92 Å². The average Bonchev–Trinajstić information content (AvgIpc) is 2.64. The van der Waals surface area contributed by atoms with Crippen molar-refractivity contribution in [3.63, 3.8) is 0 Å². The van der Waals surface area contributed by atoms with Crippen LogP contribution in [0.15, 0.2) is 0 Å². The van der Waals surface area contributed by atoms with E-state index in [0.29, 0.717) is 24.3 Å². The van der Waals surface area contributed by atoms with Crippen LogP contribution in [0.4, 0.5) is 0 Å². The van der Waals surface area contributed by atoms with E-state index in [2.05, 4.69) is 22.9 Å². The lowest BCUT2D eigenvalue weighted by Crippen LogP contribution is -2.63. The molecule has 1 aliphatic carbocycles. The molecule has 0 heterocycles. The zero-order valence-corrected chi connectivity index (χ0v) is 17.7. The summed E-state index contributed by atoms with van der Waals surface area (Å²) >= 11 is 0. The van der Waals surface area contributed by atoms with Crippen LogP contribution in [0.25, 0.3) is 0 Å². The molecule has 4 heteroatoms. The van der Waals surface area contributed by atoms with Crippen molar-refractivity contribution in [2.45, 2.75) is 103 Å². The van der Waals surface area contributed by atoms with Crippen molar-refractivity contribution in [1.29, 1.82) is 0 Å². The van der Waals surface area contributed by atoms with E-state index in [-0.39, 0.29) is 5.92 Å². The van der Waals surface area contributed by atoms with E-state index in [9.17, 15) is 4.79 Å². The lowest BCUT2D eigenvalue weighted by molar-refractivity contribution is -0.127. The highest BCUT2D eigenvalue weighted by Crippen LogP contribution is 2.29. The minimum atomic E-state index is 0.222.